The van der Waals surface area contributed by atoms with Gasteiger partial charge in [0.15, 0.2) is 5.82 Å². The van der Waals surface area contributed by atoms with Crippen LogP contribution in [-0.2, 0) is 4.79 Å². The standard InChI is InChI=1S/C14H17N3O2/c1-4-14(3,13(18)19)15-12-11-8-6-5-7-10(11)9(2)16-17-12/h5-8H,4H2,1-3H3,(H,15,17)(H,18,19). The molecule has 0 radical (unpaired) electrons. The molecule has 0 saturated heterocycles. The van der Waals surface area contributed by atoms with E-state index < -0.39 is 11.5 Å². The van der Waals surface area contributed by atoms with Crippen molar-refractivity contribution in [2.24, 2.45) is 0 Å². The van der Waals surface area contributed by atoms with Crippen molar-refractivity contribution in [1.29, 1.82) is 0 Å². The van der Waals surface area contributed by atoms with Crippen LogP contribution in [0.15, 0.2) is 24.3 Å². The third-order valence-corrected chi connectivity index (χ3v) is 3.45. The summed E-state index contributed by atoms with van der Waals surface area (Å²) >= 11 is 0. The highest BCUT2D eigenvalue weighted by atomic mass is 16.4. The second kappa shape index (κ2) is 4.84. The van der Waals surface area contributed by atoms with Gasteiger partial charge in [0.1, 0.15) is 5.54 Å². The van der Waals surface area contributed by atoms with Crippen LogP contribution in [0.25, 0.3) is 10.8 Å². The van der Waals surface area contributed by atoms with Crippen LogP contribution in [0, 0.1) is 6.92 Å². The molecule has 5 nitrogen and oxygen atoms in total. The molecule has 1 atom stereocenters. The molecule has 0 aliphatic heterocycles. The molecule has 1 aromatic carbocycles. The highest BCUT2D eigenvalue weighted by molar-refractivity contribution is 5.94. The molecule has 1 heterocycles. The minimum atomic E-state index is -1.05. The first-order valence-corrected chi connectivity index (χ1v) is 6.21. The number of aryl methyl sites for hydroxylation is 1. The fourth-order valence-corrected chi connectivity index (χ4v) is 1.88. The average molecular weight is 259 g/mol. The van der Waals surface area contributed by atoms with Crippen molar-refractivity contribution in [1.82, 2.24) is 10.2 Å². The van der Waals surface area contributed by atoms with Crippen LogP contribution in [0.2, 0.25) is 0 Å². The Labute approximate surface area is 111 Å². The summed E-state index contributed by atoms with van der Waals surface area (Å²) in [6.45, 7) is 5.35. The molecule has 0 spiro atoms. The maximum atomic E-state index is 11.3. The van der Waals surface area contributed by atoms with E-state index in [1.165, 1.54) is 0 Å². The first-order valence-electron chi connectivity index (χ1n) is 6.21. The van der Waals surface area contributed by atoms with Gasteiger partial charge in [-0.15, -0.1) is 5.10 Å². The number of nitrogens with zero attached hydrogens (tertiary/aromatic N) is 2. The largest absolute Gasteiger partial charge is 0.480 e. The minimum Gasteiger partial charge on any atom is -0.480 e. The minimum absolute atomic E-state index is 0.451. The predicted octanol–water partition coefficient (Wildman–Crippen LogP) is 2.60. The van der Waals surface area contributed by atoms with Gasteiger partial charge in [-0.1, -0.05) is 31.2 Å². The third-order valence-electron chi connectivity index (χ3n) is 3.45. The van der Waals surface area contributed by atoms with Gasteiger partial charge in [-0.2, -0.15) is 5.10 Å². The molecule has 0 aliphatic rings. The van der Waals surface area contributed by atoms with Crippen molar-refractivity contribution in [3.05, 3.63) is 30.0 Å². The average Bonchev–Trinajstić information content (AvgIpc) is 2.42. The van der Waals surface area contributed by atoms with Crippen molar-refractivity contribution in [3.8, 4) is 0 Å². The molecule has 0 aliphatic carbocycles. The third kappa shape index (κ3) is 2.36. The summed E-state index contributed by atoms with van der Waals surface area (Å²) in [4.78, 5) is 11.3. The number of hydrogen-bond donors (Lipinski definition) is 2. The smallest absolute Gasteiger partial charge is 0.329 e. The summed E-state index contributed by atoms with van der Waals surface area (Å²) < 4.78 is 0. The molecule has 0 fully saturated rings. The van der Waals surface area contributed by atoms with Gasteiger partial charge in [0.05, 0.1) is 5.69 Å². The normalized spacial score (nSPS) is 14.1. The first kappa shape index (κ1) is 13.3. The number of fused-ring (bicyclic) bond motifs is 1. The SMILES string of the molecule is CCC(C)(Nc1nnc(C)c2ccccc12)C(=O)O. The van der Waals surface area contributed by atoms with Crippen LogP contribution in [0.5, 0.6) is 0 Å². The molecule has 2 N–H and O–H groups in total. The van der Waals surface area contributed by atoms with Gasteiger partial charge in [0.25, 0.3) is 0 Å². The number of anilines is 1. The second-order valence-corrected chi connectivity index (χ2v) is 4.80. The summed E-state index contributed by atoms with van der Waals surface area (Å²) in [6, 6.07) is 7.70. The lowest BCUT2D eigenvalue weighted by atomic mass is 9.99. The Morgan fingerprint density at radius 3 is 2.53 bits per heavy atom. The number of carboxylic acid groups (broad SMARTS) is 1. The molecule has 2 rings (SSSR count). The van der Waals surface area contributed by atoms with E-state index in [-0.39, 0.29) is 0 Å². The van der Waals surface area contributed by atoms with Crippen molar-refractivity contribution >= 4 is 22.6 Å². The number of carboxylic acids is 1. The Morgan fingerprint density at radius 2 is 1.95 bits per heavy atom. The molecule has 100 valence electrons. The lowest BCUT2D eigenvalue weighted by Gasteiger charge is -2.25. The molecule has 2 aromatic rings. The van der Waals surface area contributed by atoms with E-state index in [0.717, 1.165) is 16.5 Å². The zero-order valence-corrected chi connectivity index (χ0v) is 11.3. The monoisotopic (exact) mass is 259 g/mol. The van der Waals surface area contributed by atoms with Crippen LogP contribution in [0.3, 0.4) is 0 Å². The Kier molecular flexibility index (Phi) is 3.38. The summed E-state index contributed by atoms with van der Waals surface area (Å²) in [6.07, 6.45) is 0.451. The summed E-state index contributed by atoms with van der Waals surface area (Å²) in [5.74, 6) is -0.394. The van der Waals surface area contributed by atoms with E-state index in [0.29, 0.717) is 12.2 Å². The zero-order valence-electron chi connectivity index (χ0n) is 11.3. The molecule has 0 saturated carbocycles. The quantitative estimate of drug-likeness (QED) is 0.882. The number of nitrogens with one attached hydrogen (secondary N) is 1. The Balaban J connectivity index is 2.52. The topological polar surface area (TPSA) is 75.1 Å². The number of carbonyl (C=O) groups is 1. The first-order chi connectivity index (χ1) is 8.98. The van der Waals surface area contributed by atoms with Crippen LogP contribution in [0.4, 0.5) is 5.82 Å². The van der Waals surface area contributed by atoms with Crippen LogP contribution in [0.1, 0.15) is 26.0 Å². The Hall–Kier alpha value is -2.17. The second-order valence-electron chi connectivity index (χ2n) is 4.80. The van der Waals surface area contributed by atoms with Gasteiger partial charge in [-0.25, -0.2) is 4.79 Å². The van der Waals surface area contributed by atoms with Crippen LogP contribution in [-0.4, -0.2) is 26.8 Å². The molecule has 19 heavy (non-hydrogen) atoms. The molecular weight excluding hydrogens is 242 g/mol. The van der Waals surface area contributed by atoms with Crippen LogP contribution >= 0.6 is 0 Å². The van der Waals surface area contributed by atoms with Crippen LogP contribution < -0.4 is 5.32 Å². The van der Waals surface area contributed by atoms with E-state index in [2.05, 4.69) is 15.5 Å². The van der Waals surface area contributed by atoms with Gasteiger partial charge < -0.3 is 10.4 Å². The van der Waals surface area contributed by atoms with E-state index in [9.17, 15) is 9.90 Å². The van der Waals surface area contributed by atoms with Crippen molar-refractivity contribution in [3.63, 3.8) is 0 Å². The fraction of sp³-hybridized carbons (Fsp3) is 0.357. The lowest BCUT2D eigenvalue weighted by molar-refractivity contribution is -0.141. The molecular formula is C14H17N3O2. The van der Waals surface area contributed by atoms with E-state index in [1.807, 2.05) is 38.1 Å². The van der Waals surface area contributed by atoms with Crippen molar-refractivity contribution in [2.75, 3.05) is 5.32 Å². The van der Waals surface area contributed by atoms with Crippen molar-refractivity contribution in [2.45, 2.75) is 32.7 Å². The molecule has 1 aromatic heterocycles. The lowest BCUT2D eigenvalue weighted by Crippen LogP contribution is -2.43. The van der Waals surface area contributed by atoms with E-state index in [4.69, 9.17) is 0 Å². The number of rotatable bonds is 4. The summed E-state index contributed by atoms with van der Waals surface area (Å²) in [5.41, 5.74) is -0.220. The molecule has 1 unspecified atom stereocenters. The molecule has 0 bridgehead atoms. The van der Waals surface area contributed by atoms with E-state index in [1.54, 1.807) is 6.92 Å². The summed E-state index contributed by atoms with van der Waals surface area (Å²) in [7, 11) is 0. The molecule has 5 heteroatoms. The Bertz CT molecular complexity index is 627. The van der Waals surface area contributed by atoms with Gasteiger partial charge in [-0.05, 0) is 20.3 Å². The predicted molar refractivity (Wildman–Crippen MR) is 74.2 cm³/mol. The summed E-state index contributed by atoms with van der Waals surface area (Å²) in [5, 5.41) is 22.3. The van der Waals surface area contributed by atoms with Gasteiger partial charge >= 0.3 is 5.97 Å². The number of aromatic nitrogens is 2. The maximum absolute atomic E-state index is 11.3. The van der Waals surface area contributed by atoms with E-state index >= 15 is 0 Å². The zero-order chi connectivity index (χ0) is 14.0. The van der Waals surface area contributed by atoms with Crippen molar-refractivity contribution < 1.29 is 9.90 Å². The highest BCUT2D eigenvalue weighted by Crippen LogP contribution is 2.26. The number of benzene rings is 1. The maximum Gasteiger partial charge on any atom is 0.329 e. The highest BCUT2D eigenvalue weighted by Gasteiger charge is 2.31. The Morgan fingerprint density at radius 1 is 1.32 bits per heavy atom. The number of aliphatic carboxylic acids is 1. The van der Waals surface area contributed by atoms with Gasteiger partial charge in [0, 0.05) is 10.8 Å². The van der Waals surface area contributed by atoms with Gasteiger partial charge in [-0.3, -0.25) is 0 Å². The fourth-order valence-electron chi connectivity index (χ4n) is 1.88. The molecule has 0 amide bonds. The van der Waals surface area contributed by atoms with Gasteiger partial charge in [0.2, 0.25) is 0 Å². The number of hydrogen-bond acceptors (Lipinski definition) is 4.